The maximum atomic E-state index is 4.76. The summed E-state index contributed by atoms with van der Waals surface area (Å²) in [6.45, 7) is 10.0. The van der Waals surface area contributed by atoms with Crippen molar-refractivity contribution >= 4 is 11.3 Å². The van der Waals surface area contributed by atoms with Crippen molar-refractivity contribution in [3.63, 3.8) is 0 Å². The van der Waals surface area contributed by atoms with E-state index in [0.717, 1.165) is 12.5 Å². The van der Waals surface area contributed by atoms with Gasteiger partial charge < -0.3 is 5.32 Å². The first kappa shape index (κ1) is 15.0. The number of thiazole rings is 1. The van der Waals surface area contributed by atoms with Crippen LogP contribution < -0.4 is 5.32 Å². The van der Waals surface area contributed by atoms with Crippen LogP contribution >= 0.6 is 11.3 Å². The Morgan fingerprint density at radius 1 is 1.26 bits per heavy atom. The molecule has 0 saturated heterocycles. The van der Waals surface area contributed by atoms with Gasteiger partial charge in [0.25, 0.3) is 0 Å². The second kappa shape index (κ2) is 6.36. The van der Waals surface area contributed by atoms with Gasteiger partial charge in [-0.1, -0.05) is 40.5 Å². The maximum absolute atomic E-state index is 4.76. The number of aromatic nitrogens is 1. The zero-order valence-electron chi connectivity index (χ0n) is 12.8. The summed E-state index contributed by atoms with van der Waals surface area (Å²) in [4.78, 5) is 4.76. The molecule has 2 rings (SSSR count). The molecule has 1 aromatic rings. The van der Waals surface area contributed by atoms with Gasteiger partial charge in [0, 0.05) is 23.4 Å². The van der Waals surface area contributed by atoms with Crippen molar-refractivity contribution in [1.29, 1.82) is 0 Å². The molecule has 2 unspecified atom stereocenters. The van der Waals surface area contributed by atoms with Crippen molar-refractivity contribution < 1.29 is 0 Å². The molecule has 1 N–H and O–H groups in total. The van der Waals surface area contributed by atoms with Gasteiger partial charge in [0.2, 0.25) is 0 Å². The van der Waals surface area contributed by atoms with Crippen molar-refractivity contribution in [3.8, 4) is 0 Å². The lowest BCUT2D eigenvalue weighted by Crippen LogP contribution is -2.28. The Morgan fingerprint density at radius 3 is 2.74 bits per heavy atom. The number of hydrogen-bond acceptors (Lipinski definition) is 3. The van der Waals surface area contributed by atoms with E-state index in [9.17, 15) is 0 Å². The molecular weight excluding hydrogens is 252 g/mol. The van der Waals surface area contributed by atoms with E-state index < -0.39 is 0 Å². The van der Waals surface area contributed by atoms with Gasteiger partial charge in [0.1, 0.15) is 0 Å². The Hall–Kier alpha value is -0.410. The molecule has 0 aromatic carbocycles. The molecular formula is C16H28N2S. The summed E-state index contributed by atoms with van der Waals surface area (Å²) in [5, 5.41) is 7.17. The molecule has 0 amide bonds. The second-order valence-corrected chi connectivity index (χ2v) is 7.94. The summed E-state index contributed by atoms with van der Waals surface area (Å²) in [7, 11) is 0. The summed E-state index contributed by atoms with van der Waals surface area (Å²) in [6, 6.07) is 0.699. The molecule has 1 aromatic heterocycles. The van der Waals surface area contributed by atoms with E-state index in [-0.39, 0.29) is 5.41 Å². The first-order chi connectivity index (χ1) is 8.95. The van der Waals surface area contributed by atoms with E-state index in [1.165, 1.54) is 42.8 Å². The third kappa shape index (κ3) is 4.57. The largest absolute Gasteiger partial charge is 0.308 e. The first-order valence-corrected chi connectivity index (χ1v) is 8.51. The molecule has 108 valence electrons. The molecule has 1 aliphatic carbocycles. The highest BCUT2D eigenvalue weighted by atomic mass is 32.1. The van der Waals surface area contributed by atoms with Crippen molar-refractivity contribution in [2.24, 2.45) is 5.92 Å². The van der Waals surface area contributed by atoms with Gasteiger partial charge in [-0.3, -0.25) is 0 Å². The van der Waals surface area contributed by atoms with Crippen LogP contribution in [-0.4, -0.2) is 11.0 Å². The average molecular weight is 280 g/mol. The SMILES string of the molecule is CC1CCCC(NCc2csc(C(C)(C)C)n2)CC1. The Labute approximate surface area is 122 Å². The lowest BCUT2D eigenvalue weighted by molar-refractivity contribution is 0.444. The van der Waals surface area contributed by atoms with E-state index in [1.54, 1.807) is 11.3 Å². The fourth-order valence-corrected chi connectivity index (χ4v) is 3.58. The van der Waals surface area contributed by atoms with Gasteiger partial charge in [-0.2, -0.15) is 0 Å². The van der Waals surface area contributed by atoms with Crippen molar-refractivity contribution in [2.75, 3.05) is 0 Å². The third-order valence-electron chi connectivity index (χ3n) is 4.02. The minimum absolute atomic E-state index is 0.181. The molecule has 1 fully saturated rings. The lowest BCUT2D eigenvalue weighted by Gasteiger charge is -2.16. The Kier molecular flexibility index (Phi) is 5.02. The smallest absolute Gasteiger partial charge is 0.0982 e. The molecule has 2 atom stereocenters. The van der Waals surface area contributed by atoms with E-state index in [4.69, 9.17) is 4.98 Å². The molecule has 0 bridgehead atoms. The van der Waals surface area contributed by atoms with Crippen LogP contribution in [-0.2, 0) is 12.0 Å². The topological polar surface area (TPSA) is 24.9 Å². The van der Waals surface area contributed by atoms with Crippen LogP contribution in [0, 0.1) is 5.92 Å². The Balaban J connectivity index is 1.83. The zero-order valence-corrected chi connectivity index (χ0v) is 13.6. The highest BCUT2D eigenvalue weighted by molar-refractivity contribution is 7.09. The highest BCUT2D eigenvalue weighted by Gasteiger charge is 2.19. The summed E-state index contributed by atoms with van der Waals surface area (Å²) in [6.07, 6.45) is 6.83. The molecule has 2 nitrogen and oxygen atoms in total. The van der Waals surface area contributed by atoms with E-state index >= 15 is 0 Å². The molecule has 19 heavy (non-hydrogen) atoms. The lowest BCUT2D eigenvalue weighted by atomic mass is 9.98. The zero-order chi connectivity index (χ0) is 13.9. The summed E-state index contributed by atoms with van der Waals surface area (Å²) in [5.41, 5.74) is 1.40. The van der Waals surface area contributed by atoms with Gasteiger partial charge in [0.05, 0.1) is 10.7 Å². The predicted molar refractivity (Wildman–Crippen MR) is 83.7 cm³/mol. The van der Waals surface area contributed by atoms with Crippen molar-refractivity contribution in [1.82, 2.24) is 10.3 Å². The minimum Gasteiger partial charge on any atom is -0.308 e. The molecule has 0 spiro atoms. The van der Waals surface area contributed by atoms with Crippen molar-refractivity contribution in [3.05, 3.63) is 16.1 Å². The molecule has 0 radical (unpaired) electrons. The molecule has 1 saturated carbocycles. The van der Waals surface area contributed by atoms with E-state index in [1.807, 2.05) is 0 Å². The van der Waals surface area contributed by atoms with Gasteiger partial charge >= 0.3 is 0 Å². The average Bonchev–Trinajstić information content (AvgIpc) is 2.71. The van der Waals surface area contributed by atoms with Crippen LogP contribution in [0.3, 0.4) is 0 Å². The summed E-state index contributed by atoms with van der Waals surface area (Å²) < 4.78 is 0. The van der Waals surface area contributed by atoms with Crippen LogP contribution in [0.15, 0.2) is 5.38 Å². The third-order valence-corrected chi connectivity index (χ3v) is 5.34. The summed E-state index contributed by atoms with van der Waals surface area (Å²) in [5.74, 6) is 0.915. The van der Waals surface area contributed by atoms with Crippen LogP contribution in [0.2, 0.25) is 0 Å². The molecule has 0 aliphatic heterocycles. The first-order valence-electron chi connectivity index (χ1n) is 7.63. The molecule has 1 heterocycles. The molecule has 3 heteroatoms. The van der Waals surface area contributed by atoms with Crippen LogP contribution in [0.25, 0.3) is 0 Å². The normalized spacial score (nSPS) is 25.3. The van der Waals surface area contributed by atoms with Gasteiger partial charge in [-0.15, -0.1) is 11.3 Å². The Morgan fingerprint density at radius 2 is 2.05 bits per heavy atom. The fraction of sp³-hybridized carbons (Fsp3) is 0.812. The number of nitrogens with one attached hydrogen (secondary N) is 1. The highest BCUT2D eigenvalue weighted by Crippen LogP contribution is 2.26. The van der Waals surface area contributed by atoms with E-state index in [0.29, 0.717) is 6.04 Å². The van der Waals surface area contributed by atoms with Gasteiger partial charge in [-0.05, 0) is 25.2 Å². The Bertz CT molecular complexity index is 392. The fourth-order valence-electron chi connectivity index (χ4n) is 2.67. The predicted octanol–water partition coefficient (Wildman–Crippen LogP) is 4.50. The molecule has 1 aliphatic rings. The quantitative estimate of drug-likeness (QED) is 0.825. The maximum Gasteiger partial charge on any atom is 0.0982 e. The number of nitrogens with zero attached hydrogens (tertiary/aromatic N) is 1. The van der Waals surface area contributed by atoms with Crippen LogP contribution in [0.1, 0.15) is 70.5 Å². The van der Waals surface area contributed by atoms with Crippen LogP contribution in [0.4, 0.5) is 0 Å². The van der Waals surface area contributed by atoms with Crippen molar-refractivity contribution in [2.45, 2.75) is 77.8 Å². The number of hydrogen-bond donors (Lipinski definition) is 1. The standard InChI is InChI=1S/C16H28N2S/c1-12-6-5-7-13(9-8-12)17-10-14-11-19-15(18-14)16(2,3)4/h11-13,17H,5-10H2,1-4H3. The van der Waals surface area contributed by atoms with Gasteiger partial charge in [-0.25, -0.2) is 4.98 Å². The summed E-state index contributed by atoms with van der Waals surface area (Å²) >= 11 is 1.80. The number of rotatable bonds is 3. The van der Waals surface area contributed by atoms with E-state index in [2.05, 4.69) is 38.4 Å². The minimum atomic E-state index is 0.181. The monoisotopic (exact) mass is 280 g/mol. The van der Waals surface area contributed by atoms with Crippen LogP contribution in [0.5, 0.6) is 0 Å². The second-order valence-electron chi connectivity index (χ2n) is 7.09. The van der Waals surface area contributed by atoms with Gasteiger partial charge in [0.15, 0.2) is 0 Å².